The molecule has 0 aromatic carbocycles. The zero-order valence-electron chi connectivity index (χ0n) is 14.2. The Morgan fingerprint density at radius 2 is 2.04 bits per heavy atom. The Morgan fingerprint density at radius 1 is 1.39 bits per heavy atom. The minimum absolute atomic E-state index is 0.134. The highest BCUT2D eigenvalue weighted by Gasteiger charge is 2.28. The molecule has 1 fully saturated rings. The van der Waals surface area contributed by atoms with Gasteiger partial charge >= 0.3 is 0 Å². The van der Waals surface area contributed by atoms with Gasteiger partial charge in [0.05, 0.1) is 17.7 Å². The molecule has 1 aliphatic heterocycles. The smallest absolute Gasteiger partial charge is 0.273 e. The molecule has 2 N–H and O–H groups in total. The number of carbonyl (C=O) groups excluding carboxylic acids is 1. The van der Waals surface area contributed by atoms with E-state index in [1.54, 1.807) is 0 Å². The van der Waals surface area contributed by atoms with Gasteiger partial charge in [0, 0.05) is 31.4 Å². The molecular weight excluding hydrogens is 360 g/mol. The van der Waals surface area contributed by atoms with Crippen molar-refractivity contribution in [1.82, 2.24) is 20.4 Å². The standard InChI is InChI=1S/C16H27BrN4O2/c1-4-12(5-2)13(21-6-8-23-9-7-21)10-18-16(22)15-14(17)11(3)19-20-15/h12-13H,4-10H2,1-3H3,(H,18,22)(H,19,20). The van der Waals surface area contributed by atoms with Crippen LogP contribution in [0.15, 0.2) is 4.47 Å². The highest BCUT2D eigenvalue weighted by molar-refractivity contribution is 9.10. The van der Waals surface area contributed by atoms with Gasteiger partial charge in [-0.05, 0) is 28.8 Å². The predicted molar refractivity (Wildman–Crippen MR) is 93.6 cm³/mol. The van der Waals surface area contributed by atoms with Crippen LogP contribution in [0.25, 0.3) is 0 Å². The second-order valence-electron chi connectivity index (χ2n) is 6.01. The molecule has 130 valence electrons. The fraction of sp³-hybridized carbons (Fsp3) is 0.750. The number of nitrogens with one attached hydrogen (secondary N) is 2. The van der Waals surface area contributed by atoms with Gasteiger partial charge in [-0.15, -0.1) is 0 Å². The van der Waals surface area contributed by atoms with Crippen molar-refractivity contribution in [3.05, 3.63) is 15.9 Å². The number of nitrogens with zero attached hydrogens (tertiary/aromatic N) is 2. The Morgan fingerprint density at radius 3 is 2.57 bits per heavy atom. The van der Waals surface area contributed by atoms with E-state index in [2.05, 4.69) is 50.2 Å². The van der Waals surface area contributed by atoms with Crippen LogP contribution < -0.4 is 5.32 Å². The summed E-state index contributed by atoms with van der Waals surface area (Å²) in [5.74, 6) is 0.434. The van der Waals surface area contributed by atoms with Crippen molar-refractivity contribution >= 4 is 21.8 Å². The summed E-state index contributed by atoms with van der Waals surface area (Å²) in [7, 11) is 0. The van der Waals surface area contributed by atoms with Crippen molar-refractivity contribution in [2.24, 2.45) is 5.92 Å². The third kappa shape index (κ3) is 4.55. The van der Waals surface area contributed by atoms with Crippen LogP contribution in [-0.4, -0.2) is 59.9 Å². The van der Waals surface area contributed by atoms with E-state index in [0.717, 1.165) is 49.3 Å². The molecule has 0 saturated carbocycles. The molecule has 0 bridgehead atoms. The molecule has 0 spiro atoms. The van der Waals surface area contributed by atoms with E-state index in [4.69, 9.17) is 4.74 Å². The Bertz CT molecular complexity index is 510. The van der Waals surface area contributed by atoms with Gasteiger partial charge in [-0.3, -0.25) is 14.8 Å². The van der Waals surface area contributed by atoms with E-state index < -0.39 is 0 Å². The van der Waals surface area contributed by atoms with Crippen LogP contribution in [0, 0.1) is 12.8 Å². The number of ether oxygens (including phenoxy) is 1. The summed E-state index contributed by atoms with van der Waals surface area (Å²) in [6.45, 7) is 10.4. The second kappa shape index (κ2) is 8.80. The van der Waals surface area contributed by atoms with Crippen molar-refractivity contribution in [3.8, 4) is 0 Å². The zero-order valence-corrected chi connectivity index (χ0v) is 15.8. The molecule has 0 aliphatic carbocycles. The number of H-pyrrole nitrogens is 1. The maximum atomic E-state index is 12.4. The first-order valence-electron chi connectivity index (χ1n) is 8.38. The van der Waals surface area contributed by atoms with Gasteiger partial charge in [-0.1, -0.05) is 26.7 Å². The summed E-state index contributed by atoms with van der Waals surface area (Å²) < 4.78 is 6.20. The van der Waals surface area contributed by atoms with Gasteiger partial charge in [-0.25, -0.2) is 0 Å². The van der Waals surface area contributed by atoms with Crippen molar-refractivity contribution in [2.75, 3.05) is 32.8 Å². The van der Waals surface area contributed by atoms with Gasteiger partial charge in [0.2, 0.25) is 0 Å². The van der Waals surface area contributed by atoms with Gasteiger partial charge in [0.1, 0.15) is 0 Å². The number of rotatable bonds is 7. The minimum Gasteiger partial charge on any atom is -0.379 e. The third-order valence-corrected chi connectivity index (χ3v) is 5.64. The molecule has 0 radical (unpaired) electrons. The molecule has 7 heteroatoms. The first-order chi connectivity index (χ1) is 11.1. The van der Waals surface area contributed by atoms with E-state index in [9.17, 15) is 4.79 Å². The maximum Gasteiger partial charge on any atom is 0.273 e. The Labute approximate surface area is 146 Å². The molecule has 1 aromatic heterocycles. The lowest BCUT2D eigenvalue weighted by atomic mass is 9.92. The highest BCUT2D eigenvalue weighted by atomic mass is 79.9. The first-order valence-corrected chi connectivity index (χ1v) is 9.18. The van der Waals surface area contributed by atoms with Crippen LogP contribution in [0.4, 0.5) is 0 Å². The van der Waals surface area contributed by atoms with E-state index in [1.807, 2.05) is 6.92 Å². The van der Waals surface area contributed by atoms with Crippen molar-refractivity contribution in [2.45, 2.75) is 39.7 Å². The number of morpholine rings is 1. The third-order valence-electron chi connectivity index (χ3n) is 4.67. The van der Waals surface area contributed by atoms with Crippen LogP contribution >= 0.6 is 15.9 Å². The lowest BCUT2D eigenvalue weighted by Crippen LogP contribution is -2.52. The molecule has 23 heavy (non-hydrogen) atoms. The van der Waals surface area contributed by atoms with E-state index in [1.165, 1.54) is 0 Å². The topological polar surface area (TPSA) is 70.2 Å². The largest absolute Gasteiger partial charge is 0.379 e. The molecule has 2 heterocycles. The number of carbonyl (C=O) groups is 1. The van der Waals surface area contributed by atoms with Gasteiger partial charge in [-0.2, -0.15) is 5.10 Å². The van der Waals surface area contributed by atoms with E-state index in [-0.39, 0.29) is 5.91 Å². The number of amides is 1. The lowest BCUT2D eigenvalue weighted by Gasteiger charge is -2.38. The molecule has 1 saturated heterocycles. The summed E-state index contributed by atoms with van der Waals surface area (Å²) in [4.78, 5) is 14.8. The quantitative estimate of drug-likeness (QED) is 0.754. The Balaban J connectivity index is 2.02. The Hall–Kier alpha value is -0.920. The fourth-order valence-electron chi connectivity index (χ4n) is 3.18. The number of halogens is 1. The summed E-state index contributed by atoms with van der Waals surface area (Å²) in [6, 6.07) is 0.344. The molecule has 1 unspecified atom stereocenters. The van der Waals surface area contributed by atoms with Crippen LogP contribution in [-0.2, 0) is 4.74 Å². The highest BCUT2D eigenvalue weighted by Crippen LogP contribution is 2.21. The molecule has 1 aromatic rings. The number of aromatic amines is 1. The Kier molecular flexibility index (Phi) is 7.05. The molecule has 1 atom stereocenters. The van der Waals surface area contributed by atoms with Crippen LogP contribution in [0.3, 0.4) is 0 Å². The van der Waals surface area contributed by atoms with Gasteiger partial charge in [0.15, 0.2) is 5.69 Å². The second-order valence-corrected chi connectivity index (χ2v) is 6.81. The number of aromatic nitrogens is 2. The van der Waals surface area contributed by atoms with Crippen molar-refractivity contribution < 1.29 is 9.53 Å². The zero-order chi connectivity index (χ0) is 16.8. The molecule has 6 nitrogen and oxygen atoms in total. The van der Waals surface area contributed by atoms with Crippen LogP contribution in [0.1, 0.15) is 42.9 Å². The summed E-state index contributed by atoms with van der Waals surface area (Å²) >= 11 is 3.41. The molecule has 1 aliphatic rings. The minimum atomic E-state index is -0.134. The molecule has 2 rings (SSSR count). The summed E-state index contributed by atoms with van der Waals surface area (Å²) in [5, 5.41) is 9.97. The number of aryl methyl sites for hydroxylation is 1. The summed E-state index contributed by atoms with van der Waals surface area (Å²) in [5.41, 5.74) is 1.28. The van der Waals surface area contributed by atoms with Gasteiger partial charge < -0.3 is 10.1 Å². The SMILES string of the molecule is CCC(CC)C(CNC(=O)c1n[nH]c(C)c1Br)N1CCOCC1. The number of hydrogen-bond donors (Lipinski definition) is 2. The monoisotopic (exact) mass is 386 g/mol. The normalized spacial score (nSPS) is 17.4. The average Bonchev–Trinajstić information content (AvgIpc) is 2.91. The molecule has 1 amide bonds. The van der Waals surface area contributed by atoms with Crippen molar-refractivity contribution in [3.63, 3.8) is 0 Å². The van der Waals surface area contributed by atoms with E-state index in [0.29, 0.717) is 24.2 Å². The fourth-order valence-corrected chi connectivity index (χ4v) is 3.54. The van der Waals surface area contributed by atoms with Crippen molar-refractivity contribution in [1.29, 1.82) is 0 Å². The lowest BCUT2D eigenvalue weighted by molar-refractivity contribution is 0.00190. The van der Waals surface area contributed by atoms with Gasteiger partial charge in [0.25, 0.3) is 5.91 Å². The average molecular weight is 387 g/mol. The van der Waals surface area contributed by atoms with Crippen LogP contribution in [0.5, 0.6) is 0 Å². The number of hydrogen-bond acceptors (Lipinski definition) is 4. The first kappa shape index (κ1) is 18.4. The predicted octanol–water partition coefficient (Wildman–Crippen LogP) is 2.35. The van der Waals surface area contributed by atoms with Crippen LogP contribution in [0.2, 0.25) is 0 Å². The summed E-state index contributed by atoms with van der Waals surface area (Å²) in [6.07, 6.45) is 2.22. The van der Waals surface area contributed by atoms with E-state index >= 15 is 0 Å². The molecular formula is C16H27BrN4O2. The maximum absolute atomic E-state index is 12.4.